The van der Waals surface area contributed by atoms with Gasteiger partial charge in [-0.2, -0.15) is 0 Å². The molecule has 100 valence electrons. The average Bonchev–Trinajstić information content (AvgIpc) is 2.81. The van der Waals surface area contributed by atoms with E-state index in [0.717, 1.165) is 17.1 Å². The number of thioether (sulfide) groups is 1. The van der Waals surface area contributed by atoms with E-state index in [4.69, 9.17) is 4.42 Å². The molecule has 19 heavy (non-hydrogen) atoms. The minimum atomic E-state index is -0.780. The highest BCUT2D eigenvalue weighted by molar-refractivity contribution is 7.99. The Morgan fingerprint density at radius 2 is 2.00 bits per heavy atom. The lowest BCUT2D eigenvalue weighted by atomic mass is 10.1. The van der Waals surface area contributed by atoms with E-state index < -0.39 is 11.2 Å². The molecule has 0 fully saturated rings. The van der Waals surface area contributed by atoms with E-state index in [9.17, 15) is 9.90 Å². The maximum absolute atomic E-state index is 11.3. The fraction of sp³-hybridized carbons (Fsp3) is 0.267. The van der Waals surface area contributed by atoms with Crippen LogP contribution in [0.2, 0.25) is 0 Å². The fourth-order valence-corrected chi connectivity index (χ4v) is 2.76. The van der Waals surface area contributed by atoms with Gasteiger partial charge in [-0.15, -0.1) is 11.8 Å². The fourth-order valence-electron chi connectivity index (χ4n) is 1.79. The van der Waals surface area contributed by atoms with Crippen molar-refractivity contribution < 1.29 is 14.3 Å². The Morgan fingerprint density at radius 1 is 1.26 bits per heavy atom. The number of carboxylic acid groups (broad SMARTS) is 1. The summed E-state index contributed by atoms with van der Waals surface area (Å²) in [4.78, 5) is 11.3. The second-order valence-electron chi connectivity index (χ2n) is 4.34. The molecule has 0 radical (unpaired) electrons. The molecule has 2 aromatic rings. The van der Waals surface area contributed by atoms with Crippen LogP contribution in [0.3, 0.4) is 0 Å². The third kappa shape index (κ3) is 4.17. The van der Waals surface area contributed by atoms with Gasteiger partial charge >= 0.3 is 5.97 Å². The zero-order valence-corrected chi connectivity index (χ0v) is 11.5. The average molecular weight is 276 g/mol. The highest BCUT2D eigenvalue weighted by Gasteiger charge is 2.19. The lowest BCUT2D eigenvalue weighted by molar-refractivity contribution is -0.136. The molecule has 0 saturated heterocycles. The van der Waals surface area contributed by atoms with Crippen LogP contribution in [-0.2, 0) is 17.0 Å². The van der Waals surface area contributed by atoms with E-state index in [1.54, 1.807) is 0 Å². The maximum atomic E-state index is 11.3. The van der Waals surface area contributed by atoms with Crippen LogP contribution in [0.15, 0.2) is 46.9 Å². The molecule has 1 aromatic carbocycles. The van der Waals surface area contributed by atoms with Gasteiger partial charge in [0.1, 0.15) is 16.8 Å². The summed E-state index contributed by atoms with van der Waals surface area (Å²) in [6.07, 6.45) is 0.528. The molecule has 3 nitrogen and oxygen atoms in total. The first-order valence-corrected chi connectivity index (χ1v) is 7.13. The second kappa shape index (κ2) is 6.48. The Balaban J connectivity index is 1.95. The standard InChI is InChI=1S/C15H16O3S/c1-11-7-8-13(18-11)10-19-14(15(16)17)9-12-5-3-2-4-6-12/h2-8,14H,9-10H2,1H3,(H,16,17). The van der Waals surface area contributed by atoms with E-state index in [0.29, 0.717) is 12.2 Å². The number of carboxylic acids is 1. The van der Waals surface area contributed by atoms with Gasteiger partial charge in [-0.3, -0.25) is 4.79 Å². The third-order valence-electron chi connectivity index (χ3n) is 2.76. The van der Waals surface area contributed by atoms with E-state index in [1.807, 2.05) is 49.4 Å². The molecule has 0 aliphatic heterocycles. The molecule has 0 saturated carbocycles. The summed E-state index contributed by atoms with van der Waals surface area (Å²) in [6, 6.07) is 13.5. The molecule has 0 aliphatic carbocycles. The molecular weight excluding hydrogens is 260 g/mol. The van der Waals surface area contributed by atoms with Gasteiger partial charge in [0, 0.05) is 0 Å². The van der Waals surface area contributed by atoms with Crippen molar-refractivity contribution in [2.24, 2.45) is 0 Å². The van der Waals surface area contributed by atoms with Crippen molar-refractivity contribution in [1.82, 2.24) is 0 Å². The lowest BCUT2D eigenvalue weighted by Crippen LogP contribution is -2.19. The zero-order valence-electron chi connectivity index (χ0n) is 10.7. The van der Waals surface area contributed by atoms with Crippen molar-refractivity contribution in [3.63, 3.8) is 0 Å². The minimum Gasteiger partial charge on any atom is -0.480 e. The Labute approximate surface area is 116 Å². The van der Waals surface area contributed by atoms with Gasteiger partial charge in [0.25, 0.3) is 0 Å². The molecule has 2 rings (SSSR count). The molecular formula is C15H16O3S. The van der Waals surface area contributed by atoms with Crippen molar-refractivity contribution in [3.05, 3.63) is 59.5 Å². The summed E-state index contributed by atoms with van der Waals surface area (Å²) in [5.74, 6) is 1.47. The maximum Gasteiger partial charge on any atom is 0.316 e. The van der Waals surface area contributed by atoms with Crippen LogP contribution in [-0.4, -0.2) is 16.3 Å². The topological polar surface area (TPSA) is 50.4 Å². The summed E-state index contributed by atoms with van der Waals surface area (Å²) >= 11 is 1.40. The molecule has 1 atom stereocenters. The molecule has 0 amide bonds. The second-order valence-corrected chi connectivity index (χ2v) is 5.53. The van der Waals surface area contributed by atoms with Crippen molar-refractivity contribution >= 4 is 17.7 Å². The first kappa shape index (κ1) is 13.7. The van der Waals surface area contributed by atoms with Gasteiger partial charge in [0.2, 0.25) is 0 Å². The van der Waals surface area contributed by atoms with E-state index in [2.05, 4.69) is 0 Å². The van der Waals surface area contributed by atoms with Crippen molar-refractivity contribution in [3.8, 4) is 0 Å². The number of benzene rings is 1. The monoisotopic (exact) mass is 276 g/mol. The molecule has 1 heterocycles. The lowest BCUT2D eigenvalue weighted by Gasteiger charge is -2.11. The number of hydrogen-bond donors (Lipinski definition) is 1. The van der Waals surface area contributed by atoms with Gasteiger partial charge in [0.05, 0.1) is 5.75 Å². The van der Waals surface area contributed by atoms with E-state index in [-0.39, 0.29) is 0 Å². The predicted octanol–water partition coefficient (Wildman–Crippen LogP) is 3.52. The van der Waals surface area contributed by atoms with Gasteiger partial charge < -0.3 is 9.52 Å². The number of aliphatic carboxylic acids is 1. The molecule has 1 aromatic heterocycles. The summed E-state index contributed by atoms with van der Waals surface area (Å²) in [5, 5.41) is 8.82. The Bertz CT molecular complexity index is 533. The van der Waals surface area contributed by atoms with Crippen molar-refractivity contribution in [1.29, 1.82) is 0 Å². The number of rotatable bonds is 6. The Hall–Kier alpha value is -1.68. The number of furan rings is 1. The predicted molar refractivity (Wildman–Crippen MR) is 76.3 cm³/mol. The number of carbonyl (C=O) groups is 1. The van der Waals surface area contributed by atoms with Crippen LogP contribution in [0.5, 0.6) is 0 Å². The van der Waals surface area contributed by atoms with Gasteiger partial charge in [0.15, 0.2) is 0 Å². The zero-order chi connectivity index (χ0) is 13.7. The molecule has 0 spiro atoms. The van der Waals surface area contributed by atoms with E-state index >= 15 is 0 Å². The van der Waals surface area contributed by atoms with Crippen LogP contribution in [0.4, 0.5) is 0 Å². The van der Waals surface area contributed by atoms with Gasteiger partial charge in [-0.25, -0.2) is 0 Å². The molecule has 1 N–H and O–H groups in total. The first-order chi connectivity index (χ1) is 9.15. The van der Waals surface area contributed by atoms with Crippen LogP contribution in [0, 0.1) is 6.92 Å². The van der Waals surface area contributed by atoms with Crippen molar-refractivity contribution in [2.45, 2.75) is 24.3 Å². The summed E-state index contributed by atoms with van der Waals surface area (Å²) in [6.45, 7) is 1.88. The first-order valence-electron chi connectivity index (χ1n) is 6.09. The Morgan fingerprint density at radius 3 is 2.58 bits per heavy atom. The van der Waals surface area contributed by atoms with Gasteiger partial charge in [-0.05, 0) is 31.0 Å². The van der Waals surface area contributed by atoms with Gasteiger partial charge in [-0.1, -0.05) is 30.3 Å². The summed E-state index contributed by atoms with van der Waals surface area (Å²) < 4.78 is 5.45. The number of aryl methyl sites for hydroxylation is 1. The number of hydrogen-bond acceptors (Lipinski definition) is 3. The Kier molecular flexibility index (Phi) is 4.68. The smallest absolute Gasteiger partial charge is 0.316 e. The largest absolute Gasteiger partial charge is 0.480 e. The quantitative estimate of drug-likeness (QED) is 0.877. The van der Waals surface area contributed by atoms with Crippen LogP contribution < -0.4 is 0 Å². The highest BCUT2D eigenvalue weighted by Crippen LogP contribution is 2.22. The minimum absolute atomic E-state index is 0.451. The van der Waals surface area contributed by atoms with E-state index in [1.165, 1.54) is 11.8 Å². The highest BCUT2D eigenvalue weighted by atomic mass is 32.2. The van der Waals surface area contributed by atoms with Crippen molar-refractivity contribution in [2.75, 3.05) is 0 Å². The molecule has 1 unspecified atom stereocenters. The summed E-state index contributed by atoms with van der Waals surface area (Å²) in [7, 11) is 0. The van der Waals surface area contributed by atoms with Crippen LogP contribution in [0.1, 0.15) is 17.1 Å². The van der Waals surface area contributed by atoms with Crippen LogP contribution >= 0.6 is 11.8 Å². The molecule has 0 aliphatic rings. The normalized spacial score (nSPS) is 12.3. The molecule has 4 heteroatoms. The van der Waals surface area contributed by atoms with Crippen LogP contribution in [0.25, 0.3) is 0 Å². The SMILES string of the molecule is Cc1ccc(CSC(Cc2ccccc2)C(=O)O)o1. The third-order valence-corrected chi connectivity index (χ3v) is 3.98. The summed E-state index contributed by atoms with van der Waals surface area (Å²) in [5.41, 5.74) is 1.04. The molecule has 0 bridgehead atoms.